The molecule has 0 aliphatic carbocycles. The molecule has 0 amide bonds. The lowest BCUT2D eigenvalue weighted by atomic mass is 10.4. The predicted molar refractivity (Wildman–Crippen MR) is 51.2 cm³/mol. The van der Waals surface area contributed by atoms with Crippen LogP contribution in [-0.4, -0.2) is 33.4 Å². The highest BCUT2D eigenvalue weighted by Gasteiger charge is 2.07. The first-order chi connectivity index (χ1) is 6.81. The molecule has 0 fully saturated rings. The standard InChI is InChI=1S/C7H7ClFN5/c8-7-12-5(10-2-1-9)4-3-11-14-6(4)13-7/h3H,1-2H2,(H2,10,11,12,13,14). The van der Waals surface area contributed by atoms with Crippen molar-refractivity contribution in [3.05, 3.63) is 11.5 Å². The molecule has 7 heteroatoms. The monoisotopic (exact) mass is 215 g/mol. The molecule has 5 nitrogen and oxygen atoms in total. The molecule has 2 aromatic heterocycles. The highest BCUT2D eigenvalue weighted by atomic mass is 35.5. The number of hydrogen-bond acceptors (Lipinski definition) is 4. The van der Waals surface area contributed by atoms with Gasteiger partial charge in [0.15, 0.2) is 5.65 Å². The Kier molecular flexibility index (Phi) is 2.45. The first-order valence-electron chi connectivity index (χ1n) is 3.97. The number of aromatic amines is 1. The van der Waals surface area contributed by atoms with E-state index in [0.29, 0.717) is 16.9 Å². The maximum Gasteiger partial charge on any atom is 0.226 e. The molecule has 2 heterocycles. The van der Waals surface area contributed by atoms with Gasteiger partial charge in [-0.3, -0.25) is 5.10 Å². The molecule has 0 aliphatic heterocycles. The number of halogens is 2. The number of anilines is 1. The van der Waals surface area contributed by atoms with Crippen molar-refractivity contribution in [3.8, 4) is 0 Å². The van der Waals surface area contributed by atoms with Crippen LogP contribution in [0.5, 0.6) is 0 Å². The zero-order valence-corrected chi connectivity index (χ0v) is 7.85. The second-order valence-electron chi connectivity index (χ2n) is 2.59. The van der Waals surface area contributed by atoms with E-state index in [2.05, 4.69) is 25.5 Å². The largest absolute Gasteiger partial charge is 0.367 e. The molecule has 2 N–H and O–H groups in total. The molecule has 2 rings (SSSR count). The number of alkyl halides is 1. The lowest BCUT2D eigenvalue weighted by Crippen LogP contribution is -2.05. The van der Waals surface area contributed by atoms with Gasteiger partial charge in [0.05, 0.1) is 11.6 Å². The molecule has 0 unspecified atom stereocenters. The maximum absolute atomic E-state index is 11.9. The van der Waals surface area contributed by atoms with Gasteiger partial charge < -0.3 is 5.32 Å². The maximum atomic E-state index is 11.9. The third kappa shape index (κ3) is 1.60. The van der Waals surface area contributed by atoms with Crippen molar-refractivity contribution in [2.45, 2.75) is 0 Å². The van der Waals surface area contributed by atoms with Gasteiger partial charge in [-0.05, 0) is 11.6 Å². The van der Waals surface area contributed by atoms with E-state index < -0.39 is 6.67 Å². The Bertz CT molecular complexity index is 443. The first kappa shape index (κ1) is 9.14. The van der Waals surface area contributed by atoms with E-state index in [-0.39, 0.29) is 11.8 Å². The Labute approximate surface area is 83.7 Å². The molecule has 0 saturated carbocycles. The van der Waals surface area contributed by atoms with Crippen molar-refractivity contribution >= 4 is 28.5 Å². The fraction of sp³-hybridized carbons (Fsp3) is 0.286. The fourth-order valence-corrected chi connectivity index (χ4v) is 1.28. The molecular formula is C7H7ClFN5. The van der Waals surface area contributed by atoms with Crippen LogP contribution >= 0.6 is 11.6 Å². The average Bonchev–Trinajstić information content (AvgIpc) is 2.61. The van der Waals surface area contributed by atoms with E-state index in [1.54, 1.807) is 6.20 Å². The topological polar surface area (TPSA) is 66.5 Å². The smallest absolute Gasteiger partial charge is 0.226 e. The zero-order valence-electron chi connectivity index (χ0n) is 7.09. The van der Waals surface area contributed by atoms with Crippen molar-refractivity contribution in [1.82, 2.24) is 20.2 Å². The SMILES string of the molecule is FCCNc1nc(Cl)nc2[nH]ncc12. The minimum atomic E-state index is -0.471. The third-order valence-corrected chi connectivity index (χ3v) is 1.84. The van der Waals surface area contributed by atoms with Gasteiger partial charge in [0.2, 0.25) is 5.28 Å². The van der Waals surface area contributed by atoms with Gasteiger partial charge in [0.25, 0.3) is 0 Å². The summed E-state index contributed by atoms with van der Waals surface area (Å²) in [6, 6.07) is 0. The van der Waals surface area contributed by atoms with E-state index in [0.717, 1.165) is 0 Å². The molecule has 0 atom stereocenters. The summed E-state index contributed by atoms with van der Waals surface area (Å²) in [6.45, 7) is -0.283. The highest BCUT2D eigenvalue weighted by Crippen LogP contribution is 2.19. The molecule has 2 aromatic rings. The van der Waals surface area contributed by atoms with E-state index >= 15 is 0 Å². The summed E-state index contributed by atoms with van der Waals surface area (Å²) < 4.78 is 11.9. The Morgan fingerprint density at radius 3 is 3.14 bits per heavy atom. The van der Waals surface area contributed by atoms with Crippen molar-refractivity contribution in [2.75, 3.05) is 18.5 Å². The Balaban J connectivity index is 2.44. The molecule has 0 radical (unpaired) electrons. The van der Waals surface area contributed by atoms with Crippen LogP contribution in [0, 0.1) is 0 Å². The number of nitrogens with one attached hydrogen (secondary N) is 2. The highest BCUT2D eigenvalue weighted by molar-refractivity contribution is 6.28. The summed E-state index contributed by atoms with van der Waals surface area (Å²) in [5.41, 5.74) is 0.534. The van der Waals surface area contributed by atoms with Gasteiger partial charge in [-0.1, -0.05) is 0 Å². The van der Waals surface area contributed by atoms with Crippen LogP contribution in [0.3, 0.4) is 0 Å². The van der Waals surface area contributed by atoms with Crippen LogP contribution in [0.25, 0.3) is 11.0 Å². The van der Waals surface area contributed by atoms with Gasteiger partial charge in [0, 0.05) is 6.54 Å². The quantitative estimate of drug-likeness (QED) is 0.760. The lowest BCUT2D eigenvalue weighted by molar-refractivity contribution is 0.512. The molecule has 74 valence electrons. The van der Waals surface area contributed by atoms with Crippen molar-refractivity contribution in [1.29, 1.82) is 0 Å². The predicted octanol–water partition coefficient (Wildman–Crippen LogP) is 1.39. The van der Waals surface area contributed by atoms with Gasteiger partial charge in [-0.25, -0.2) is 4.39 Å². The van der Waals surface area contributed by atoms with Crippen LogP contribution < -0.4 is 5.32 Å². The van der Waals surface area contributed by atoms with E-state index in [4.69, 9.17) is 11.6 Å². The molecule has 0 spiro atoms. The minimum Gasteiger partial charge on any atom is -0.367 e. The van der Waals surface area contributed by atoms with Crippen molar-refractivity contribution < 1.29 is 4.39 Å². The van der Waals surface area contributed by atoms with Crippen LogP contribution in [0.2, 0.25) is 5.28 Å². The Morgan fingerprint density at radius 2 is 2.36 bits per heavy atom. The molecule has 0 bridgehead atoms. The number of aromatic nitrogens is 4. The summed E-state index contributed by atoms with van der Waals surface area (Å²) in [7, 11) is 0. The second-order valence-corrected chi connectivity index (χ2v) is 2.93. The molecule has 0 aromatic carbocycles. The van der Waals surface area contributed by atoms with Crippen LogP contribution in [-0.2, 0) is 0 Å². The Morgan fingerprint density at radius 1 is 1.50 bits per heavy atom. The summed E-state index contributed by atoms with van der Waals surface area (Å²) in [6.07, 6.45) is 1.56. The minimum absolute atomic E-state index is 0.100. The number of rotatable bonds is 3. The van der Waals surface area contributed by atoms with E-state index in [9.17, 15) is 4.39 Å². The third-order valence-electron chi connectivity index (χ3n) is 1.67. The number of fused-ring (bicyclic) bond motifs is 1. The van der Waals surface area contributed by atoms with Gasteiger partial charge in [0.1, 0.15) is 12.5 Å². The molecule has 14 heavy (non-hydrogen) atoms. The summed E-state index contributed by atoms with van der Waals surface area (Å²) >= 11 is 5.66. The van der Waals surface area contributed by atoms with E-state index in [1.807, 2.05) is 0 Å². The van der Waals surface area contributed by atoms with Crippen molar-refractivity contribution in [3.63, 3.8) is 0 Å². The molecule has 0 saturated heterocycles. The second kappa shape index (κ2) is 3.75. The summed E-state index contributed by atoms with van der Waals surface area (Å²) in [5, 5.41) is 10.0. The molecule has 0 aliphatic rings. The summed E-state index contributed by atoms with van der Waals surface area (Å²) in [4.78, 5) is 7.83. The number of hydrogen-bond donors (Lipinski definition) is 2. The Hall–Kier alpha value is -1.43. The van der Waals surface area contributed by atoms with E-state index in [1.165, 1.54) is 0 Å². The van der Waals surface area contributed by atoms with Crippen LogP contribution in [0.15, 0.2) is 6.20 Å². The normalized spacial score (nSPS) is 10.7. The van der Waals surface area contributed by atoms with Gasteiger partial charge >= 0.3 is 0 Å². The van der Waals surface area contributed by atoms with Crippen LogP contribution in [0.1, 0.15) is 0 Å². The fourth-order valence-electron chi connectivity index (χ4n) is 1.11. The number of H-pyrrole nitrogens is 1. The van der Waals surface area contributed by atoms with Crippen LogP contribution in [0.4, 0.5) is 10.2 Å². The zero-order chi connectivity index (χ0) is 9.97. The van der Waals surface area contributed by atoms with Gasteiger partial charge in [-0.15, -0.1) is 0 Å². The van der Waals surface area contributed by atoms with Gasteiger partial charge in [-0.2, -0.15) is 15.1 Å². The first-order valence-corrected chi connectivity index (χ1v) is 4.35. The molecular weight excluding hydrogens is 209 g/mol. The lowest BCUT2D eigenvalue weighted by Gasteiger charge is -2.03. The average molecular weight is 216 g/mol. The number of nitrogens with zero attached hydrogens (tertiary/aromatic N) is 3. The van der Waals surface area contributed by atoms with Crippen molar-refractivity contribution in [2.24, 2.45) is 0 Å². The summed E-state index contributed by atoms with van der Waals surface area (Å²) in [5.74, 6) is 0.492.